The number of hydrogen-bond acceptors (Lipinski definition) is 13. The molecule has 0 aromatic carbocycles. The van der Waals surface area contributed by atoms with Crippen LogP contribution in [-0.4, -0.2) is 161 Å². The Labute approximate surface area is 239 Å². The van der Waals surface area contributed by atoms with Crippen molar-refractivity contribution in [2.45, 2.75) is 26.4 Å². The van der Waals surface area contributed by atoms with Crippen molar-refractivity contribution >= 4 is 10.4 Å². The summed E-state index contributed by atoms with van der Waals surface area (Å²) in [5, 5.41) is 8.55. The first-order valence-corrected chi connectivity index (χ1v) is 14.8. The van der Waals surface area contributed by atoms with Gasteiger partial charge in [-0.2, -0.15) is 8.42 Å². The molecule has 40 heavy (non-hydrogen) atoms. The van der Waals surface area contributed by atoms with Crippen LogP contribution in [0.3, 0.4) is 0 Å². The lowest BCUT2D eigenvalue weighted by atomic mass is 10.3. The molecular formula is C24H52O15S. The molecule has 1 atom stereocenters. The summed E-state index contributed by atoms with van der Waals surface area (Å²) in [6.45, 7) is 14.1. The van der Waals surface area contributed by atoms with Gasteiger partial charge in [0.25, 0.3) is 0 Å². The largest absolute Gasteiger partial charge is 0.394 e. The van der Waals surface area contributed by atoms with Crippen LogP contribution in [0.15, 0.2) is 0 Å². The van der Waals surface area contributed by atoms with E-state index in [9.17, 15) is 0 Å². The molecule has 0 fully saturated rings. The van der Waals surface area contributed by atoms with Crippen LogP contribution in [-0.2, 0) is 57.8 Å². The van der Waals surface area contributed by atoms with Crippen LogP contribution in [0.5, 0.6) is 0 Å². The van der Waals surface area contributed by atoms with Crippen molar-refractivity contribution in [2.24, 2.45) is 0 Å². The van der Waals surface area contributed by atoms with Gasteiger partial charge in [-0.05, 0) is 13.3 Å². The number of rotatable bonds is 31. The standard InChI is InChI=1S/C24H50O11.H2O4S/c1-3-24(2)35-23-22-34-21-20-33-19-18-32-17-16-31-15-14-30-13-12-29-11-10-28-9-8-27-7-6-26-5-4-25;1-5(2,3)4/h24-25H,3-23H2,1-2H3;(H2,1,2,3,4). The smallest absolute Gasteiger partial charge is 0.394 e. The summed E-state index contributed by atoms with van der Waals surface area (Å²) in [6, 6.07) is 0. The molecule has 244 valence electrons. The first-order valence-electron chi connectivity index (χ1n) is 13.4. The molecule has 15 nitrogen and oxygen atoms in total. The Hall–Kier alpha value is -0.570. The zero-order valence-electron chi connectivity index (χ0n) is 24.1. The molecule has 3 N–H and O–H groups in total. The zero-order chi connectivity index (χ0) is 30.0. The monoisotopic (exact) mass is 612 g/mol. The molecule has 0 aliphatic carbocycles. The van der Waals surface area contributed by atoms with Crippen molar-refractivity contribution in [3.05, 3.63) is 0 Å². The van der Waals surface area contributed by atoms with E-state index >= 15 is 0 Å². The van der Waals surface area contributed by atoms with E-state index in [1.54, 1.807) is 0 Å². The first kappa shape index (κ1) is 41.6. The fourth-order valence-corrected chi connectivity index (χ4v) is 2.35. The van der Waals surface area contributed by atoms with Gasteiger partial charge in [-0.3, -0.25) is 9.11 Å². The molecule has 0 bridgehead atoms. The van der Waals surface area contributed by atoms with Crippen molar-refractivity contribution < 1.29 is 70.0 Å². The van der Waals surface area contributed by atoms with Crippen LogP contribution in [0, 0.1) is 0 Å². The second-order valence-electron chi connectivity index (χ2n) is 7.77. The number of ether oxygens (including phenoxy) is 10. The molecule has 0 saturated heterocycles. The Kier molecular flexibility index (Phi) is 36.0. The van der Waals surface area contributed by atoms with Crippen molar-refractivity contribution in [3.63, 3.8) is 0 Å². The highest BCUT2D eigenvalue weighted by Crippen LogP contribution is 1.95. The van der Waals surface area contributed by atoms with Crippen molar-refractivity contribution in [1.29, 1.82) is 0 Å². The summed E-state index contributed by atoms with van der Waals surface area (Å²) in [7, 11) is -4.67. The predicted molar refractivity (Wildman–Crippen MR) is 144 cm³/mol. The SMILES string of the molecule is CCC(C)OCCOCCOCCOCCOCCOCCOCCOCCOCCOCCO.O=S(=O)(O)O. The van der Waals surface area contributed by atoms with E-state index in [2.05, 4.69) is 13.8 Å². The minimum Gasteiger partial charge on any atom is -0.394 e. The van der Waals surface area contributed by atoms with Gasteiger partial charge >= 0.3 is 10.4 Å². The average Bonchev–Trinajstić information content (AvgIpc) is 2.91. The van der Waals surface area contributed by atoms with Crippen LogP contribution in [0.2, 0.25) is 0 Å². The topological polar surface area (TPSA) is 187 Å². The van der Waals surface area contributed by atoms with Gasteiger partial charge in [0.1, 0.15) is 0 Å². The lowest BCUT2D eigenvalue weighted by molar-refractivity contribution is -0.0289. The summed E-state index contributed by atoms with van der Waals surface area (Å²) < 4.78 is 85.5. The summed E-state index contributed by atoms with van der Waals surface area (Å²) in [5.41, 5.74) is 0. The molecule has 0 amide bonds. The maximum atomic E-state index is 8.74. The van der Waals surface area contributed by atoms with Gasteiger partial charge < -0.3 is 52.5 Å². The van der Waals surface area contributed by atoms with Gasteiger partial charge in [0.15, 0.2) is 0 Å². The third-order valence-corrected chi connectivity index (χ3v) is 4.42. The quantitative estimate of drug-likeness (QED) is 0.0715. The normalized spacial score (nSPS) is 12.3. The van der Waals surface area contributed by atoms with Crippen molar-refractivity contribution in [2.75, 3.05) is 132 Å². The van der Waals surface area contributed by atoms with Gasteiger partial charge in [0.05, 0.1) is 138 Å². The van der Waals surface area contributed by atoms with E-state index < -0.39 is 10.4 Å². The fraction of sp³-hybridized carbons (Fsp3) is 1.00. The van der Waals surface area contributed by atoms with Gasteiger partial charge in [-0.1, -0.05) is 6.92 Å². The van der Waals surface area contributed by atoms with Crippen LogP contribution < -0.4 is 0 Å². The molecule has 0 spiro atoms. The molecule has 1 unspecified atom stereocenters. The van der Waals surface area contributed by atoms with E-state index in [1.165, 1.54) is 0 Å². The van der Waals surface area contributed by atoms with E-state index in [1.807, 2.05) is 0 Å². The average molecular weight is 613 g/mol. The second-order valence-corrected chi connectivity index (χ2v) is 8.67. The lowest BCUT2D eigenvalue weighted by Crippen LogP contribution is -2.16. The Bertz CT molecular complexity index is 560. The predicted octanol–water partition coefficient (Wildman–Crippen LogP) is 0.290. The van der Waals surface area contributed by atoms with E-state index in [0.717, 1.165) is 6.42 Å². The Morgan fingerprint density at radius 3 is 0.875 bits per heavy atom. The summed E-state index contributed by atoms with van der Waals surface area (Å²) in [6.07, 6.45) is 1.30. The minimum absolute atomic E-state index is 0.0298. The first-order chi connectivity index (χ1) is 19.3. The second kappa shape index (κ2) is 34.6. The summed E-state index contributed by atoms with van der Waals surface area (Å²) >= 11 is 0. The molecular weight excluding hydrogens is 560 g/mol. The van der Waals surface area contributed by atoms with E-state index in [0.29, 0.717) is 126 Å². The van der Waals surface area contributed by atoms with Crippen LogP contribution in [0.4, 0.5) is 0 Å². The third-order valence-electron chi connectivity index (χ3n) is 4.42. The Balaban J connectivity index is 0. The van der Waals surface area contributed by atoms with Gasteiger partial charge in [0, 0.05) is 0 Å². The number of hydrogen-bond donors (Lipinski definition) is 3. The molecule has 0 aromatic heterocycles. The molecule has 0 heterocycles. The zero-order valence-corrected chi connectivity index (χ0v) is 24.9. The molecule has 0 aliphatic heterocycles. The van der Waals surface area contributed by atoms with Gasteiger partial charge in [-0.15, -0.1) is 0 Å². The van der Waals surface area contributed by atoms with Gasteiger partial charge in [0.2, 0.25) is 0 Å². The van der Waals surface area contributed by atoms with Gasteiger partial charge in [-0.25, -0.2) is 0 Å². The van der Waals surface area contributed by atoms with Crippen LogP contribution in [0.25, 0.3) is 0 Å². The van der Waals surface area contributed by atoms with Crippen molar-refractivity contribution in [3.8, 4) is 0 Å². The van der Waals surface area contributed by atoms with Crippen molar-refractivity contribution in [1.82, 2.24) is 0 Å². The fourth-order valence-electron chi connectivity index (χ4n) is 2.35. The Morgan fingerprint density at radius 1 is 0.475 bits per heavy atom. The Morgan fingerprint density at radius 2 is 0.675 bits per heavy atom. The molecule has 0 rings (SSSR count). The lowest BCUT2D eigenvalue weighted by Gasteiger charge is -2.11. The highest BCUT2D eigenvalue weighted by atomic mass is 32.3. The molecule has 0 aliphatic rings. The summed E-state index contributed by atoms with van der Waals surface area (Å²) in [4.78, 5) is 0. The third kappa shape index (κ3) is 47.2. The highest BCUT2D eigenvalue weighted by Gasteiger charge is 1.98. The van der Waals surface area contributed by atoms with Crippen LogP contribution >= 0.6 is 0 Å². The maximum Gasteiger partial charge on any atom is 0.394 e. The molecule has 0 radical (unpaired) electrons. The summed E-state index contributed by atoms with van der Waals surface area (Å²) in [5.74, 6) is 0. The number of aliphatic hydroxyl groups is 1. The number of aliphatic hydroxyl groups excluding tert-OH is 1. The maximum absolute atomic E-state index is 8.74. The minimum atomic E-state index is -4.67. The molecule has 16 heteroatoms. The molecule has 0 saturated carbocycles. The van der Waals surface area contributed by atoms with Crippen LogP contribution in [0.1, 0.15) is 20.3 Å². The molecule has 0 aromatic rings. The van der Waals surface area contributed by atoms with E-state index in [4.69, 9.17) is 70.0 Å². The highest BCUT2D eigenvalue weighted by molar-refractivity contribution is 7.79. The van der Waals surface area contributed by atoms with E-state index in [-0.39, 0.29) is 12.7 Å².